The summed E-state index contributed by atoms with van der Waals surface area (Å²) in [4.78, 5) is 37.2. The molecule has 6 nitrogen and oxygen atoms in total. The molecule has 0 unspecified atom stereocenters. The lowest BCUT2D eigenvalue weighted by atomic mass is 9.81. The van der Waals surface area contributed by atoms with Crippen molar-refractivity contribution in [2.45, 2.75) is 64.3 Å². The van der Waals surface area contributed by atoms with Crippen LogP contribution in [0, 0.1) is 11.8 Å². The Labute approximate surface area is 166 Å². The minimum atomic E-state index is -0.439. The van der Waals surface area contributed by atoms with E-state index in [9.17, 15) is 14.4 Å². The van der Waals surface area contributed by atoms with Gasteiger partial charge in [-0.25, -0.2) is 4.79 Å². The van der Waals surface area contributed by atoms with Crippen molar-refractivity contribution in [1.82, 2.24) is 5.32 Å². The maximum Gasteiger partial charge on any atom is 0.340 e. The number of para-hydroxylation sites is 1. The molecular weight excluding hydrogens is 356 g/mol. The summed E-state index contributed by atoms with van der Waals surface area (Å²) < 4.78 is 5.06. The first-order valence-electron chi connectivity index (χ1n) is 10.5. The molecule has 0 bridgehead atoms. The number of anilines is 1. The molecule has 2 aliphatic carbocycles. The molecule has 2 fully saturated rings. The summed E-state index contributed by atoms with van der Waals surface area (Å²) in [6.45, 7) is 2.04. The van der Waals surface area contributed by atoms with Gasteiger partial charge in [0, 0.05) is 17.9 Å². The third-order valence-electron chi connectivity index (χ3n) is 5.85. The Morgan fingerprint density at radius 1 is 0.929 bits per heavy atom. The van der Waals surface area contributed by atoms with Gasteiger partial charge in [0.05, 0.1) is 17.9 Å². The topological polar surface area (TPSA) is 84.5 Å². The van der Waals surface area contributed by atoms with Crippen LogP contribution >= 0.6 is 0 Å². The van der Waals surface area contributed by atoms with Gasteiger partial charge in [0.15, 0.2) is 0 Å². The van der Waals surface area contributed by atoms with Crippen molar-refractivity contribution in [3.05, 3.63) is 29.8 Å². The van der Waals surface area contributed by atoms with Crippen LogP contribution in [0.5, 0.6) is 0 Å². The quantitative estimate of drug-likeness (QED) is 0.731. The third-order valence-corrected chi connectivity index (χ3v) is 5.85. The predicted octanol–water partition coefficient (Wildman–Crippen LogP) is 3.67. The van der Waals surface area contributed by atoms with Crippen molar-refractivity contribution in [2.75, 3.05) is 11.9 Å². The van der Waals surface area contributed by atoms with Crippen molar-refractivity contribution < 1.29 is 19.1 Å². The van der Waals surface area contributed by atoms with Gasteiger partial charge in [-0.05, 0) is 57.6 Å². The van der Waals surface area contributed by atoms with E-state index in [-0.39, 0.29) is 30.3 Å². The SMILES string of the molecule is CCOC(=O)c1ccccc1NC(=O)C1CCC(C(=O)NC2CCCC2)CC1. The molecule has 1 aromatic rings. The molecule has 152 valence electrons. The number of nitrogens with one attached hydrogen (secondary N) is 2. The van der Waals surface area contributed by atoms with Crippen LogP contribution in [-0.2, 0) is 14.3 Å². The molecule has 0 saturated heterocycles. The molecule has 0 aromatic heterocycles. The first kappa shape index (κ1) is 20.4. The van der Waals surface area contributed by atoms with E-state index >= 15 is 0 Å². The lowest BCUT2D eigenvalue weighted by Gasteiger charge is -2.28. The van der Waals surface area contributed by atoms with Crippen LogP contribution in [0.1, 0.15) is 68.6 Å². The van der Waals surface area contributed by atoms with Crippen molar-refractivity contribution in [3.63, 3.8) is 0 Å². The highest BCUT2D eigenvalue weighted by atomic mass is 16.5. The molecule has 0 spiro atoms. The first-order valence-corrected chi connectivity index (χ1v) is 10.5. The van der Waals surface area contributed by atoms with Crippen LogP contribution in [0.15, 0.2) is 24.3 Å². The molecule has 28 heavy (non-hydrogen) atoms. The van der Waals surface area contributed by atoms with E-state index in [4.69, 9.17) is 4.74 Å². The van der Waals surface area contributed by atoms with Gasteiger partial charge in [-0.3, -0.25) is 9.59 Å². The second kappa shape index (κ2) is 9.71. The lowest BCUT2D eigenvalue weighted by Crippen LogP contribution is -2.39. The minimum absolute atomic E-state index is 0.0106. The Balaban J connectivity index is 1.51. The highest BCUT2D eigenvalue weighted by Crippen LogP contribution is 2.31. The first-order chi connectivity index (χ1) is 13.6. The van der Waals surface area contributed by atoms with Gasteiger partial charge >= 0.3 is 5.97 Å². The molecule has 2 amide bonds. The Morgan fingerprint density at radius 2 is 1.54 bits per heavy atom. The van der Waals surface area contributed by atoms with E-state index in [1.165, 1.54) is 12.8 Å². The fourth-order valence-electron chi connectivity index (χ4n) is 4.22. The lowest BCUT2D eigenvalue weighted by molar-refractivity contribution is -0.129. The number of amides is 2. The molecule has 3 rings (SSSR count). The monoisotopic (exact) mass is 386 g/mol. The Morgan fingerprint density at radius 3 is 2.18 bits per heavy atom. The number of rotatable bonds is 6. The van der Waals surface area contributed by atoms with Crippen LogP contribution in [0.2, 0.25) is 0 Å². The van der Waals surface area contributed by atoms with Crippen molar-refractivity contribution in [3.8, 4) is 0 Å². The molecule has 2 aliphatic rings. The molecule has 2 N–H and O–H groups in total. The summed E-state index contributed by atoms with van der Waals surface area (Å²) in [6, 6.07) is 7.23. The molecule has 0 heterocycles. The number of ether oxygens (including phenoxy) is 1. The van der Waals surface area contributed by atoms with Crippen molar-refractivity contribution in [1.29, 1.82) is 0 Å². The van der Waals surface area contributed by atoms with E-state index in [0.29, 0.717) is 30.1 Å². The van der Waals surface area contributed by atoms with Crippen LogP contribution in [0.25, 0.3) is 0 Å². The van der Waals surface area contributed by atoms with Gasteiger partial charge in [0.2, 0.25) is 11.8 Å². The number of hydrogen-bond donors (Lipinski definition) is 2. The highest BCUT2D eigenvalue weighted by Gasteiger charge is 2.31. The summed E-state index contributed by atoms with van der Waals surface area (Å²) in [6.07, 6.45) is 7.42. The number of hydrogen-bond acceptors (Lipinski definition) is 4. The van der Waals surface area contributed by atoms with Crippen LogP contribution in [0.4, 0.5) is 5.69 Å². The maximum absolute atomic E-state index is 12.7. The van der Waals surface area contributed by atoms with Gasteiger partial charge in [-0.15, -0.1) is 0 Å². The van der Waals surface area contributed by atoms with Gasteiger partial charge in [0.1, 0.15) is 0 Å². The maximum atomic E-state index is 12.7. The zero-order valence-electron chi connectivity index (χ0n) is 16.5. The molecule has 6 heteroatoms. The fourth-order valence-corrected chi connectivity index (χ4v) is 4.22. The second-order valence-electron chi connectivity index (χ2n) is 7.79. The number of esters is 1. The van der Waals surface area contributed by atoms with Crippen LogP contribution in [0.3, 0.4) is 0 Å². The van der Waals surface area contributed by atoms with E-state index in [0.717, 1.165) is 25.7 Å². The molecule has 0 radical (unpaired) electrons. The summed E-state index contributed by atoms with van der Waals surface area (Å²) >= 11 is 0. The smallest absolute Gasteiger partial charge is 0.340 e. The minimum Gasteiger partial charge on any atom is -0.462 e. The highest BCUT2D eigenvalue weighted by molar-refractivity contribution is 6.01. The van der Waals surface area contributed by atoms with E-state index in [1.54, 1.807) is 31.2 Å². The predicted molar refractivity (Wildman–Crippen MR) is 107 cm³/mol. The Kier molecular flexibility index (Phi) is 7.06. The standard InChI is InChI=1S/C22H30N2O4/c1-2-28-22(27)18-9-5-6-10-19(18)24-21(26)16-13-11-15(12-14-16)20(25)23-17-7-3-4-8-17/h5-6,9-10,15-17H,2-4,7-8,11-14H2,1H3,(H,23,25)(H,24,26). The van der Waals surface area contributed by atoms with E-state index in [1.807, 2.05) is 0 Å². The van der Waals surface area contributed by atoms with Gasteiger partial charge in [-0.2, -0.15) is 0 Å². The summed E-state index contributed by atoms with van der Waals surface area (Å²) in [5, 5.41) is 6.06. The van der Waals surface area contributed by atoms with Crippen LogP contribution in [-0.4, -0.2) is 30.4 Å². The van der Waals surface area contributed by atoms with E-state index < -0.39 is 5.97 Å². The molecule has 0 aliphatic heterocycles. The zero-order valence-corrected chi connectivity index (χ0v) is 16.5. The number of carbonyl (C=O) groups is 3. The van der Waals surface area contributed by atoms with Gasteiger partial charge in [-0.1, -0.05) is 25.0 Å². The number of carbonyl (C=O) groups excluding carboxylic acids is 3. The van der Waals surface area contributed by atoms with E-state index in [2.05, 4.69) is 10.6 Å². The normalized spacial score (nSPS) is 22.5. The average Bonchev–Trinajstić information content (AvgIpc) is 3.21. The van der Waals surface area contributed by atoms with Crippen LogP contribution < -0.4 is 10.6 Å². The van der Waals surface area contributed by atoms with Crippen molar-refractivity contribution >= 4 is 23.5 Å². The molecule has 2 saturated carbocycles. The number of benzene rings is 1. The van der Waals surface area contributed by atoms with Crippen molar-refractivity contribution in [2.24, 2.45) is 11.8 Å². The summed E-state index contributed by atoms with van der Waals surface area (Å²) in [7, 11) is 0. The average molecular weight is 386 g/mol. The summed E-state index contributed by atoms with van der Waals surface area (Å²) in [5.41, 5.74) is 0.842. The summed E-state index contributed by atoms with van der Waals surface area (Å²) in [5.74, 6) is -0.502. The van der Waals surface area contributed by atoms with Gasteiger partial charge in [0.25, 0.3) is 0 Å². The molecular formula is C22H30N2O4. The van der Waals surface area contributed by atoms with Gasteiger partial charge < -0.3 is 15.4 Å². The fraction of sp³-hybridized carbons (Fsp3) is 0.591. The third kappa shape index (κ3) is 5.12. The molecule has 0 atom stereocenters. The molecule has 1 aromatic carbocycles. The Hall–Kier alpha value is -2.37. The Bertz CT molecular complexity index is 704. The zero-order chi connectivity index (χ0) is 19.9. The second-order valence-corrected chi connectivity index (χ2v) is 7.79. The largest absolute Gasteiger partial charge is 0.462 e.